The van der Waals surface area contributed by atoms with E-state index in [1.165, 1.54) is 0 Å². The van der Waals surface area contributed by atoms with Crippen LogP contribution in [0.5, 0.6) is 0 Å². The summed E-state index contributed by atoms with van der Waals surface area (Å²) in [4.78, 5) is 13.1. The standard InChI is InChI=1S/C10H20N2O2/c1-7(2)8(3)12-5-4-11-6-9(12)10(13)14/h7-9,11H,4-6H2,1-3H3,(H,13,14). The normalized spacial score (nSPS) is 26.4. The number of carbonyl (C=O) groups is 1. The second-order valence-electron chi connectivity index (χ2n) is 4.28. The molecule has 1 fully saturated rings. The van der Waals surface area contributed by atoms with E-state index >= 15 is 0 Å². The van der Waals surface area contributed by atoms with E-state index in [1.807, 2.05) is 0 Å². The van der Waals surface area contributed by atoms with Gasteiger partial charge in [0.05, 0.1) is 0 Å². The molecule has 4 heteroatoms. The summed E-state index contributed by atoms with van der Waals surface area (Å²) in [5, 5.41) is 12.2. The maximum atomic E-state index is 11.0. The highest BCUT2D eigenvalue weighted by molar-refractivity contribution is 5.74. The molecule has 0 spiro atoms. The average molecular weight is 200 g/mol. The van der Waals surface area contributed by atoms with E-state index < -0.39 is 5.97 Å². The van der Waals surface area contributed by atoms with Gasteiger partial charge in [-0.15, -0.1) is 0 Å². The molecule has 0 aliphatic carbocycles. The van der Waals surface area contributed by atoms with Crippen molar-refractivity contribution in [3.8, 4) is 0 Å². The van der Waals surface area contributed by atoms with Gasteiger partial charge in [-0.1, -0.05) is 13.8 Å². The first-order chi connectivity index (χ1) is 6.54. The minimum absolute atomic E-state index is 0.332. The Bertz CT molecular complexity index is 206. The number of aliphatic carboxylic acids is 1. The zero-order valence-corrected chi connectivity index (χ0v) is 9.16. The smallest absolute Gasteiger partial charge is 0.322 e. The highest BCUT2D eigenvalue weighted by Crippen LogP contribution is 2.15. The van der Waals surface area contributed by atoms with Gasteiger partial charge in [0.2, 0.25) is 0 Å². The molecule has 1 saturated heterocycles. The van der Waals surface area contributed by atoms with Gasteiger partial charge in [0.25, 0.3) is 0 Å². The van der Waals surface area contributed by atoms with Crippen LogP contribution >= 0.6 is 0 Å². The van der Waals surface area contributed by atoms with Crippen LogP contribution in [0.3, 0.4) is 0 Å². The van der Waals surface area contributed by atoms with Crippen LogP contribution in [-0.4, -0.2) is 47.7 Å². The summed E-state index contributed by atoms with van der Waals surface area (Å²) in [6.07, 6.45) is 0. The van der Waals surface area contributed by atoms with Crippen molar-refractivity contribution in [2.24, 2.45) is 5.92 Å². The monoisotopic (exact) mass is 200 g/mol. The zero-order chi connectivity index (χ0) is 10.7. The summed E-state index contributed by atoms with van der Waals surface area (Å²) in [5.41, 5.74) is 0. The highest BCUT2D eigenvalue weighted by atomic mass is 16.4. The van der Waals surface area contributed by atoms with Gasteiger partial charge >= 0.3 is 5.97 Å². The van der Waals surface area contributed by atoms with Crippen molar-refractivity contribution in [2.75, 3.05) is 19.6 Å². The van der Waals surface area contributed by atoms with E-state index in [0.29, 0.717) is 18.5 Å². The molecule has 0 amide bonds. The van der Waals surface area contributed by atoms with Crippen LogP contribution in [0, 0.1) is 5.92 Å². The van der Waals surface area contributed by atoms with Crippen molar-refractivity contribution >= 4 is 5.97 Å². The van der Waals surface area contributed by atoms with Crippen LogP contribution in [0.1, 0.15) is 20.8 Å². The first kappa shape index (κ1) is 11.5. The fraction of sp³-hybridized carbons (Fsp3) is 0.900. The molecule has 0 aromatic heterocycles. The summed E-state index contributed by atoms with van der Waals surface area (Å²) >= 11 is 0. The molecule has 0 radical (unpaired) electrons. The van der Waals surface area contributed by atoms with Gasteiger partial charge in [-0.25, -0.2) is 0 Å². The van der Waals surface area contributed by atoms with Crippen LogP contribution in [0.4, 0.5) is 0 Å². The number of nitrogens with one attached hydrogen (secondary N) is 1. The first-order valence-corrected chi connectivity index (χ1v) is 5.23. The van der Waals surface area contributed by atoms with Crippen LogP contribution in [0.2, 0.25) is 0 Å². The molecule has 1 aliphatic heterocycles. The van der Waals surface area contributed by atoms with Crippen LogP contribution in [0.25, 0.3) is 0 Å². The molecule has 82 valence electrons. The summed E-state index contributed by atoms with van der Waals surface area (Å²) in [6, 6.07) is -0.0284. The SMILES string of the molecule is CC(C)C(C)N1CCNCC1C(=O)O. The molecule has 2 unspecified atom stereocenters. The third-order valence-electron chi connectivity index (χ3n) is 3.06. The fourth-order valence-corrected chi connectivity index (χ4v) is 1.82. The number of carboxylic acid groups (broad SMARTS) is 1. The van der Waals surface area contributed by atoms with Crippen LogP contribution < -0.4 is 5.32 Å². The Balaban J connectivity index is 2.67. The molecule has 2 atom stereocenters. The van der Waals surface area contributed by atoms with E-state index in [2.05, 4.69) is 31.0 Å². The third-order valence-corrected chi connectivity index (χ3v) is 3.06. The molecule has 4 nitrogen and oxygen atoms in total. The Morgan fingerprint density at radius 3 is 2.64 bits per heavy atom. The number of nitrogens with zero attached hydrogens (tertiary/aromatic N) is 1. The molecule has 1 aliphatic rings. The van der Waals surface area contributed by atoms with Crippen molar-refractivity contribution in [2.45, 2.75) is 32.9 Å². The lowest BCUT2D eigenvalue weighted by molar-refractivity contribution is -0.145. The Kier molecular flexibility index (Phi) is 3.89. The predicted molar refractivity (Wildman–Crippen MR) is 55.3 cm³/mol. The zero-order valence-electron chi connectivity index (χ0n) is 9.16. The summed E-state index contributed by atoms with van der Waals surface area (Å²) in [7, 11) is 0. The predicted octanol–water partition coefficient (Wildman–Crippen LogP) is 0.389. The Hall–Kier alpha value is -0.610. The van der Waals surface area contributed by atoms with Crippen LogP contribution in [-0.2, 0) is 4.79 Å². The third kappa shape index (κ3) is 2.45. The van der Waals surface area contributed by atoms with E-state index in [0.717, 1.165) is 13.1 Å². The van der Waals surface area contributed by atoms with E-state index in [-0.39, 0.29) is 6.04 Å². The molecular formula is C10H20N2O2. The number of hydrogen-bond acceptors (Lipinski definition) is 3. The molecule has 0 bridgehead atoms. The molecule has 14 heavy (non-hydrogen) atoms. The number of carboxylic acids is 1. The van der Waals surface area contributed by atoms with Gasteiger partial charge in [-0.2, -0.15) is 0 Å². The maximum Gasteiger partial charge on any atom is 0.322 e. The first-order valence-electron chi connectivity index (χ1n) is 5.23. The minimum atomic E-state index is -0.718. The quantitative estimate of drug-likeness (QED) is 0.692. The van der Waals surface area contributed by atoms with Gasteiger partial charge in [0.1, 0.15) is 6.04 Å². The topological polar surface area (TPSA) is 52.6 Å². The number of hydrogen-bond donors (Lipinski definition) is 2. The summed E-state index contributed by atoms with van der Waals surface area (Å²) in [5.74, 6) is -0.223. The van der Waals surface area contributed by atoms with E-state index in [4.69, 9.17) is 5.11 Å². The van der Waals surface area contributed by atoms with Crippen molar-refractivity contribution in [3.63, 3.8) is 0 Å². The van der Waals surface area contributed by atoms with Gasteiger partial charge in [0.15, 0.2) is 0 Å². The van der Waals surface area contributed by atoms with Crippen molar-refractivity contribution in [3.05, 3.63) is 0 Å². The molecule has 1 heterocycles. The van der Waals surface area contributed by atoms with Gasteiger partial charge < -0.3 is 10.4 Å². The average Bonchev–Trinajstić information content (AvgIpc) is 2.16. The largest absolute Gasteiger partial charge is 0.480 e. The van der Waals surface area contributed by atoms with E-state index in [9.17, 15) is 4.79 Å². The summed E-state index contributed by atoms with van der Waals surface area (Å²) in [6.45, 7) is 8.65. The Labute approximate surface area is 85.3 Å². The van der Waals surface area contributed by atoms with Gasteiger partial charge in [-0.3, -0.25) is 9.69 Å². The molecule has 0 saturated carbocycles. The summed E-state index contributed by atoms with van der Waals surface area (Å²) < 4.78 is 0. The molecule has 0 aromatic rings. The maximum absolute atomic E-state index is 11.0. The van der Waals surface area contributed by atoms with Crippen molar-refractivity contribution < 1.29 is 9.90 Å². The number of piperazine rings is 1. The lowest BCUT2D eigenvalue weighted by atomic mass is 10.0. The second-order valence-corrected chi connectivity index (χ2v) is 4.28. The molecule has 0 aromatic carbocycles. The van der Waals surface area contributed by atoms with Crippen LogP contribution in [0.15, 0.2) is 0 Å². The van der Waals surface area contributed by atoms with Gasteiger partial charge in [0, 0.05) is 25.7 Å². The van der Waals surface area contributed by atoms with Gasteiger partial charge in [-0.05, 0) is 12.8 Å². The van der Waals surface area contributed by atoms with Crippen molar-refractivity contribution in [1.82, 2.24) is 10.2 Å². The minimum Gasteiger partial charge on any atom is -0.480 e. The lowest BCUT2D eigenvalue weighted by Crippen LogP contribution is -2.58. The Morgan fingerprint density at radius 1 is 1.50 bits per heavy atom. The van der Waals surface area contributed by atoms with E-state index in [1.54, 1.807) is 0 Å². The Morgan fingerprint density at radius 2 is 2.14 bits per heavy atom. The molecular weight excluding hydrogens is 180 g/mol. The molecule has 2 N–H and O–H groups in total. The molecule has 1 rings (SSSR count). The number of rotatable bonds is 3. The fourth-order valence-electron chi connectivity index (χ4n) is 1.82. The second kappa shape index (κ2) is 4.75. The van der Waals surface area contributed by atoms with Crippen molar-refractivity contribution in [1.29, 1.82) is 0 Å². The highest BCUT2D eigenvalue weighted by Gasteiger charge is 2.32. The lowest BCUT2D eigenvalue weighted by Gasteiger charge is -2.39.